The van der Waals surface area contributed by atoms with Gasteiger partial charge in [-0.3, -0.25) is 4.79 Å². The summed E-state index contributed by atoms with van der Waals surface area (Å²) in [5.74, 6) is 1.15. The van der Waals surface area contributed by atoms with Crippen molar-refractivity contribution >= 4 is 5.91 Å². The van der Waals surface area contributed by atoms with Crippen LogP contribution < -0.4 is 10.1 Å². The molecule has 0 aliphatic carbocycles. The number of hydrogen-bond donors (Lipinski definition) is 1. The van der Waals surface area contributed by atoms with Crippen LogP contribution >= 0.6 is 0 Å². The molecule has 0 aliphatic rings. The summed E-state index contributed by atoms with van der Waals surface area (Å²) in [4.78, 5) is 12.4. The van der Waals surface area contributed by atoms with Crippen molar-refractivity contribution in [3.05, 3.63) is 46.8 Å². The van der Waals surface area contributed by atoms with Crippen LogP contribution in [0, 0.1) is 6.92 Å². The summed E-state index contributed by atoms with van der Waals surface area (Å²) in [6.07, 6.45) is 0.660. The van der Waals surface area contributed by atoms with E-state index in [0.29, 0.717) is 23.4 Å². The number of methoxy groups -OCH3 is 1. The van der Waals surface area contributed by atoms with Crippen molar-refractivity contribution in [1.82, 2.24) is 10.5 Å². The Morgan fingerprint density at radius 1 is 1.48 bits per heavy atom. The highest BCUT2D eigenvalue weighted by Crippen LogP contribution is 2.20. The van der Waals surface area contributed by atoms with Crippen LogP contribution in [-0.4, -0.2) is 18.2 Å². The summed E-state index contributed by atoms with van der Waals surface area (Å²) < 4.78 is 10.3. The fourth-order valence-electron chi connectivity index (χ4n) is 2.21. The molecule has 0 aliphatic heterocycles. The second kappa shape index (κ2) is 6.43. The SMILES string of the molecule is CCc1noc(C)c1C(=O)N[C@@H](C)c1cccc(OC)c1. The first-order valence-electron chi connectivity index (χ1n) is 6.96. The van der Waals surface area contributed by atoms with E-state index in [-0.39, 0.29) is 11.9 Å². The molecule has 1 amide bonds. The van der Waals surface area contributed by atoms with Crippen molar-refractivity contribution in [2.75, 3.05) is 7.11 Å². The van der Waals surface area contributed by atoms with Gasteiger partial charge in [0.05, 0.1) is 18.8 Å². The van der Waals surface area contributed by atoms with Gasteiger partial charge in [0, 0.05) is 0 Å². The van der Waals surface area contributed by atoms with E-state index in [0.717, 1.165) is 11.3 Å². The first-order chi connectivity index (χ1) is 10.1. The summed E-state index contributed by atoms with van der Waals surface area (Å²) in [5, 5.41) is 6.88. The van der Waals surface area contributed by atoms with Crippen LogP contribution in [0.4, 0.5) is 0 Å². The van der Waals surface area contributed by atoms with Crippen LogP contribution in [0.5, 0.6) is 5.75 Å². The summed E-state index contributed by atoms with van der Waals surface area (Å²) in [5.41, 5.74) is 2.20. The minimum absolute atomic E-state index is 0.133. The molecule has 1 aromatic carbocycles. The molecule has 0 radical (unpaired) electrons. The van der Waals surface area contributed by atoms with Crippen molar-refractivity contribution in [1.29, 1.82) is 0 Å². The number of aromatic nitrogens is 1. The van der Waals surface area contributed by atoms with Gasteiger partial charge in [-0.1, -0.05) is 24.2 Å². The monoisotopic (exact) mass is 288 g/mol. The maximum absolute atomic E-state index is 12.4. The average Bonchev–Trinajstić information content (AvgIpc) is 2.88. The third-order valence-corrected chi connectivity index (χ3v) is 3.44. The third kappa shape index (κ3) is 3.24. The lowest BCUT2D eigenvalue weighted by Gasteiger charge is -2.15. The molecule has 0 fully saturated rings. The third-order valence-electron chi connectivity index (χ3n) is 3.44. The number of carbonyl (C=O) groups is 1. The van der Waals surface area contributed by atoms with E-state index in [1.807, 2.05) is 38.1 Å². The Labute approximate surface area is 124 Å². The normalized spacial score (nSPS) is 12.0. The highest BCUT2D eigenvalue weighted by atomic mass is 16.5. The molecule has 1 atom stereocenters. The smallest absolute Gasteiger partial charge is 0.257 e. The zero-order chi connectivity index (χ0) is 15.4. The Morgan fingerprint density at radius 2 is 2.24 bits per heavy atom. The number of hydrogen-bond acceptors (Lipinski definition) is 4. The van der Waals surface area contributed by atoms with Crippen LogP contribution in [-0.2, 0) is 6.42 Å². The Bertz CT molecular complexity index is 634. The van der Waals surface area contributed by atoms with E-state index < -0.39 is 0 Å². The quantitative estimate of drug-likeness (QED) is 0.918. The average molecular weight is 288 g/mol. The highest BCUT2D eigenvalue weighted by molar-refractivity contribution is 5.96. The first kappa shape index (κ1) is 15.1. The van der Waals surface area contributed by atoms with Gasteiger partial charge in [-0.15, -0.1) is 0 Å². The van der Waals surface area contributed by atoms with Crippen LogP contribution in [0.15, 0.2) is 28.8 Å². The summed E-state index contributed by atoms with van der Waals surface area (Å²) >= 11 is 0. The Morgan fingerprint density at radius 3 is 2.90 bits per heavy atom. The molecule has 1 heterocycles. The van der Waals surface area contributed by atoms with E-state index >= 15 is 0 Å². The second-order valence-corrected chi connectivity index (χ2v) is 4.89. The lowest BCUT2D eigenvalue weighted by atomic mass is 10.1. The van der Waals surface area contributed by atoms with Crippen LogP contribution in [0.3, 0.4) is 0 Å². The van der Waals surface area contributed by atoms with E-state index in [4.69, 9.17) is 9.26 Å². The molecule has 5 heteroatoms. The Hall–Kier alpha value is -2.30. The number of nitrogens with zero attached hydrogens (tertiary/aromatic N) is 1. The minimum atomic E-state index is -0.166. The molecule has 1 N–H and O–H groups in total. The number of carbonyl (C=O) groups excluding carboxylic acids is 1. The van der Waals surface area contributed by atoms with Crippen molar-refractivity contribution in [3.63, 3.8) is 0 Å². The lowest BCUT2D eigenvalue weighted by molar-refractivity contribution is 0.0937. The molecule has 0 spiro atoms. The Kier molecular flexibility index (Phi) is 4.62. The van der Waals surface area contributed by atoms with Crippen molar-refractivity contribution in [2.24, 2.45) is 0 Å². The van der Waals surface area contributed by atoms with Crippen molar-refractivity contribution in [2.45, 2.75) is 33.2 Å². The number of benzene rings is 1. The maximum atomic E-state index is 12.4. The zero-order valence-corrected chi connectivity index (χ0v) is 12.8. The second-order valence-electron chi connectivity index (χ2n) is 4.89. The Balaban J connectivity index is 2.16. The van der Waals surface area contributed by atoms with Gasteiger partial charge in [0.2, 0.25) is 0 Å². The number of aryl methyl sites for hydroxylation is 2. The van der Waals surface area contributed by atoms with Gasteiger partial charge >= 0.3 is 0 Å². The van der Waals surface area contributed by atoms with Crippen LogP contribution in [0.2, 0.25) is 0 Å². The van der Waals surface area contributed by atoms with Gasteiger partial charge in [0.1, 0.15) is 17.1 Å². The van der Waals surface area contributed by atoms with Crippen molar-refractivity contribution in [3.8, 4) is 5.75 Å². The van der Waals surface area contributed by atoms with E-state index in [9.17, 15) is 4.79 Å². The van der Waals surface area contributed by atoms with Gasteiger partial charge < -0.3 is 14.6 Å². The fraction of sp³-hybridized carbons (Fsp3) is 0.375. The largest absolute Gasteiger partial charge is 0.497 e. The van der Waals surface area contributed by atoms with Gasteiger partial charge in [-0.25, -0.2) is 0 Å². The zero-order valence-electron chi connectivity index (χ0n) is 12.8. The van der Waals surface area contributed by atoms with Crippen molar-refractivity contribution < 1.29 is 14.1 Å². The molecule has 2 rings (SSSR count). The molecule has 1 aromatic heterocycles. The molecule has 21 heavy (non-hydrogen) atoms. The summed E-state index contributed by atoms with van der Waals surface area (Å²) in [6.45, 7) is 5.62. The van der Waals surface area contributed by atoms with Gasteiger partial charge in [0.15, 0.2) is 0 Å². The standard InChI is InChI=1S/C16H20N2O3/c1-5-14-15(11(3)21-18-14)16(19)17-10(2)12-7-6-8-13(9-12)20-4/h6-10H,5H2,1-4H3,(H,17,19)/t10-/m0/s1. The molecule has 5 nitrogen and oxygen atoms in total. The lowest BCUT2D eigenvalue weighted by Crippen LogP contribution is -2.27. The molecule has 112 valence electrons. The predicted octanol–water partition coefficient (Wildman–Crippen LogP) is 3.05. The summed E-state index contributed by atoms with van der Waals surface area (Å²) in [7, 11) is 1.62. The minimum Gasteiger partial charge on any atom is -0.497 e. The fourth-order valence-corrected chi connectivity index (χ4v) is 2.21. The highest BCUT2D eigenvalue weighted by Gasteiger charge is 2.21. The molecule has 0 saturated carbocycles. The number of rotatable bonds is 5. The molecule has 0 bridgehead atoms. The molecular formula is C16H20N2O3. The van der Waals surface area contributed by atoms with E-state index in [1.54, 1.807) is 14.0 Å². The van der Waals surface area contributed by atoms with Crippen LogP contribution in [0.1, 0.15) is 47.3 Å². The van der Waals surface area contributed by atoms with Gasteiger partial charge in [-0.05, 0) is 38.0 Å². The predicted molar refractivity (Wildman–Crippen MR) is 79.5 cm³/mol. The van der Waals surface area contributed by atoms with E-state index in [2.05, 4.69) is 10.5 Å². The summed E-state index contributed by atoms with van der Waals surface area (Å²) in [6, 6.07) is 7.50. The molecule has 2 aromatic rings. The molecular weight excluding hydrogens is 268 g/mol. The first-order valence-corrected chi connectivity index (χ1v) is 6.96. The number of nitrogens with one attached hydrogen (secondary N) is 1. The number of ether oxygens (including phenoxy) is 1. The topological polar surface area (TPSA) is 64.4 Å². The maximum Gasteiger partial charge on any atom is 0.257 e. The molecule has 0 unspecified atom stereocenters. The van der Waals surface area contributed by atoms with Crippen LogP contribution in [0.25, 0.3) is 0 Å². The number of amides is 1. The van der Waals surface area contributed by atoms with Gasteiger partial charge in [-0.2, -0.15) is 0 Å². The van der Waals surface area contributed by atoms with Gasteiger partial charge in [0.25, 0.3) is 5.91 Å². The van der Waals surface area contributed by atoms with E-state index in [1.165, 1.54) is 0 Å². The molecule has 0 saturated heterocycles.